The Balaban J connectivity index is 2.44. The first-order valence-electron chi connectivity index (χ1n) is 6.54. The van der Waals surface area contributed by atoms with Crippen molar-refractivity contribution < 1.29 is 0 Å². The molecule has 1 aromatic heterocycles. The molecule has 96 valence electrons. The topological polar surface area (TPSA) is 43.8 Å². The molecule has 3 heteroatoms. The van der Waals surface area contributed by atoms with Gasteiger partial charge in [-0.05, 0) is 36.1 Å². The second-order valence-electron chi connectivity index (χ2n) is 4.85. The number of benzene rings is 1. The van der Waals surface area contributed by atoms with E-state index in [0.717, 1.165) is 17.8 Å². The largest absolute Gasteiger partial charge is 0.325 e. The molecule has 0 saturated heterocycles. The van der Waals surface area contributed by atoms with Gasteiger partial charge in [0.05, 0.1) is 11.4 Å². The van der Waals surface area contributed by atoms with E-state index in [0.29, 0.717) is 12.5 Å². The number of rotatable bonds is 4. The summed E-state index contributed by atoms with van der Waals surface area (Å²) in [6.45, 7) is 7.00. The summed E-state index contributed by atoms with van der Waals surface area (Å²) in [7, 11) is 0. The molecule has 1 heterocycles. The summed E-state index contributed by atoms with van der Waals surface area (Å²) in [5.41, 5.74) is 10.3. The highest BCUT2D eigenvalue weighted by atomic mass is 15.3. The molecule has 0 unspecified atom stereocenters. The molecule has 2 N–H and O–H groups in total. The van der Waals surface area contributed by atoms with E-state index in [1.807, 2.05) is 4.68 Å². The normalized spacial score (nSPS) is 11.2. The van der Waals surface area contributed by atoms with Gasteiger partial charge >= 0.3 is 0 Å². The van der Waals surface area contributed by atoms with Crippen molar-refractivity contribution in [3.05, 3.63) is 47.3 Å². The van der Waals surface area contributed by atoms with Gasteiger partial charge in [-0.2, -0.15) is 5.10 Å². The third-order valence-corrected chi connectivity index (χ3v) is 3.18. The highest BCUT2D eigenvalue weighted by Gasteiger charge is 2.11. The lowest BCUT2D eigenvalue weighted by atomic mass is 10.1. The van der Waals surface area contributed by atoms with Gasteiger partial charge in [0.1, 0.15) is 0 Å². The number of hydrogen-bond acceptors (Lipinski definition) is 2. The van der Waals surface area contributed by atoms with Crippen molar-refractivity contribution in [3.8, 4) is 5.69 Å². The monoisotopic (exact) mass is 243 g/mol. The molecule has 3 nitrogen and oxygen atoms in total. The molecular weight excluding hydrogens is 222 g/mol. The van der Waals surface area contributed by atoms with Gasteiger partial charge in [-0.15, -0.1) is 0 Å². The van der Waals surface area contributed by atoms with Gasteiger partial charge in [0, 0.05) is 12.2 Å². The number of aryl methyl sites for hydroxylation is 1. The molecule has 0 amide bonds. The third-order valence-electron chi connectivity index (χ3n) is 3.18. The van der Waals surface area contributed by atoms with Crippen LogP contribution in [-0.4, -0.2) is 9.78 Å². The standard InChI is InChI=1S/C15H21N3/c1-4-12-5-7-14(8-6-12)18-15(11(2)3)9-13(10-16)17-18/h5-9,11H,4,10,16H2,1-3H3. The summed E-state index contributed by atoms with van der Waals surface area (Å²) in [6.07, 6.45) is 1.06. The summed E-state index contributed by atoms with van der Waals surface area (Å²) in [5.74, 6) is 0.434. The summed E-state index contributed by atoms with van der Waals surface area (Å²) in [6, 6.07) is 10.7. The van der Waals surface area contributed by atoms with E-state index in [1.165, 1.54) is 11.3 Å². The van der Waals surface area contributed by atoms with Gasteiger partial charge in [-0.1, -0.05) is 32.9 Å². The van der Waals surface area contributed by atoms with Crippen LogP contribution in [0.2, 0.25) is 0 Å². The van der Waals surface area contributed by atoms with Gasteiger partial charge in [-0.3, -0.25) is 0 Å². The lowest BCUT2D eigenvalue weighted by Crippen LogP contribution is -2.04. The molecule has 0 aliphatic carbocycles. The van der Waals surface area contributed by atoms with E-state index in [9.17, 15) is 0 Å². The van der Waals surface area contributed by atoms with Crippen LogP contribution in [0.15, 0.2) is 30.3 Å². The summed E-state index contributed by atoms with van der Waals surface area (Å²) >= 11 is 0. The van der Waals surface area contributed by atoms with Crippen molar-refractivity contribution >= 4 is 0 Å². The average molecular weight is 243 g/mol. The maximum atomic E-state index is 5.68. The quantitative estimate of drug-likeness (QED) is 0.897. The van der Waals surface area contributed by atoms with Gasteiger partial charge < -0.3 is 5.73 Å². The Labute approximate surface area is 109 Å². The molecule has 1 aromatic carbocycles. The Morgan fingerprint density at radius 2 is 1.89 bits per heavy atom. The number of nitrogens with zero attached hydrogens (tertiary/aromatic N) is 2. The maximum Gasteiger partial charge on any atom is 0.0767 e. The predicted octanol–water partition coefficient (Wildman–Crippen LogP) is 3.02. The summed E-state index contributed by atoms with van der Waals surface area (Å²) < 4.78 is 2.01. The van der Waals surface area contributed by atoms with Crippen molar-refractivity contribution in [2.45, 2.75) is 39.7 Å². The van der Waals surface area contributed by atoms with E-state index in [1.54, 1.807) is 0 Å². The Morgan fingerprint density at radius 3 is 2.39 bits per heavy atom. The molecular formula is C15H21N3. The van der Waals surface area contributed by atoms with Gasteiger partial charge in [0.15, 0.2) is 0 Å². The second kappa shape index (κ2) is 5.36. The summed E-state index contributed by atoms with van der Waals surface area (Å²) in [4.78, 5) is 0. The number of nitrogens with two attached hydrogens (primary N) is 1. The lowest BCUT2D eigenvalue weighted by molar-refractivity contribution is 0.726. The maximum absolute atomic E-state index is 5.68. The smallest absolute Gasteiger partial charge is 0.0767 e. The fraction of sp³-hybridized carbons (Fsp3) is 0.400. The Morgan fingerprint density at radius 1 is 1.22 bits per heavy atom. The van der Waals surface area contributed by atoms with Crippen LogP contribution < -0.4 is 5.73 Å². The first kappa shape index (κ1) is 12.8. The van der Waals surface area contributed by atoms with Gasteiger partial charge in [-0.25, -0.2) is 4.68 Å². The average Bonchev–Trinajstić information content (AvgIpc) is 2.83. The highest BCUT2D eigenvalue weighted by molar-refractivity contribution is 5.37. The summed E-state index contributed by atoms with van der Waals surface area (Å²) in [5, 5.41) is 4.57. The van der Waals surface area contributed by atoms with Crippen molar-refractivity contribution in [2.75, 3.05) is 0 Å². The number of hydrogen-bond donors (Lipinski definition) is 1. The fourth-order valence-corrected chi connectivity index (χ4v) is 2.04. The van der Waals surface area contributed by atoms with E-state index in [-0.39, 0.29) is 0 Å². The molecule has 0 spiro atoms. The van der Waals surface area contributed by atoms with Crippen LogP contribution in [0.3, 0.4) is 0 Å². The Hall–Kier alpha value is -1.61. The van der Waals surface area contributed by atoms with E-state index in [4.69, 9.17) is 5.73 Å². The second-order valence-corrected chi connectivity index (χ2v) is 4.85. The van der Waals surface area contributed by atoms with E-state index < -0.39 is 0 Å². The van der Waals surface area contributed by atoms with Crippen LogP contribution in [0.4, 0.5) is 0 Å². The zero-order valence-electron chi connectivity index (χ0n) is 11.4. The fourth-order valence-electron chi connectivity index (χ4n) is 2.04. The van der Waals surface area contributed by atoms with Crippen LogP contribution in [0.5, 0.6) is 0 Å². The van der Waals surface area contributed by atoms with Crippen molar-refractivity contribution in [3.63, 3.8) is 0 Å². The van der Waals surface area contributed by atoms with Crippen LogP contribution in [-0.2, 0) is 13.0 Å². The molecule has 2 rings (SSSR count). The van der Waals surface area contributed by atoms with Crippen LogP contribution in [0, 0.1) is 0 Å². The first-order chi connectivity index (χ1) is 8.65. The molecule has 18 heavy (non-hydrogen) atoms. The predicted molar refractivity (Wildman–Crippen MR) is 74.9 cm³/mol. The molecule has 0 fully saturated rings. The highest BCUT2D eigenvalue weighted by Crippen LogP contribution is 2.20. The third kappa shape index (κ3) is 2.46. The van der Waals surface area contributed by atoms with Crippen molar-refractivity contribution in [1.82, 2.24) is 9.78 Å². The van der Waals surface area contributed by atoms with Crippen LogP contribution in [0.25, 0.3) is 5.69 Å². The molecule has 0 aliphatic rings. The minimum atomic E-state index is 0.434. The Kier molecular flexibility index (Phi) is 3.82. The van der Waals surface area contributed by atoms with Crippen molar-refractivity contribution in [2.24, 2.45) is 5.73 Å². The van der Waals surface area contributed by atoms with E-state index in [2.05, 4.69) is 56.2 Å². The minimum Gasteiger partial charge on any atom is -0.325 e. The minimum absolute atomic E-state index is 0.434. The molecule has 0 radical (unpaired) electrons. The van der Waals surface area contributed by atoms with Gasteiger partial charge in [0.2, 0.25) is 0 Å². The van der Waals surface area contributed by atoms with Gasteiger partial charge in [0.25, 0.3) is 0 Å². The van der Waals surface area contributed by atoms with Crippen LogP contribution >= 0.6 is 0 Å². The molecule has 0 bridgehead atoms. The molecule has 0 atom stereocenters. The van der Waals surface area contributed by atoms with Crippen molar-refractivity contribution in [1.29, 1.82) is 0 Å². The lowest BCUT2D eigenvalue weighted by Gasteiger charge is -2.10. The molecule has 0 saturated carbocycles. The molecule has 2 aromatic rings. The Bertz CT molecular complexity index is 509. The first-order valence-corrected chi connectivity index (χ1v) is 6.54. The van der Waals surface area contributed by atoms with Crippen LogP contribution in [0.1, 0.15) is 43.6 Å². The zero-order chi connectivity index (χ0) is 13.1. The zero-order valence-corrected chi connectivity index (χ0v) is 11.4. The van der Waals surface area contributed by atoms with E-state index >= 15 is 0 Å². The molecule has 0 aliphatic heterocycles. The number of aromatic nitrogens is 2. The SMILES string of the molecule is CCc1ccc(-n2nc(CN)cc2C(C)C)cc1.